The Labute approximate surface area is 535 Å². The van der Waals surface area contributed by atoms with Crippen molar-refractivity contribution in [2.45, 2.75) is 0 Å². The molecule has 0 heteroatoms. The maximum absolute atomic E-state index is 2.43. The van der Waals surface area contributed by atoms with E-state index in [-0.39, 0.29) is 0 Å². The first-order valence-electron chi connectivity index (χ1n) is 31.9. The summed E-state index contributed by atoms with van der Waals surface area (Å²) in [5, 5.41) is 20.2. The molecule has 0 amide bonds. The molecule has 0 aliphatic rings. The van der Waals surface area contributed by atoms with Crippen LogP contribution in [-0.4, -0.2) is 0 Å². The van der Waals surface area contributed by atoms with Crippen LogP contribution in [0.5, 0.6) is 0 Å². The van der Waals surface area contributed by atoms with Gasteiger partial charge in [0.2, 0.25) is 0 Å². The molecule has 428 valence electrons. The van der Waals surface area contributed by atoms with Gasteiger partial charge in [-0.1, -0.05) is 315 Å². The third-order valence-electron chi connectivity index (χ3n) is 18.8. The van der Waals surface area contributed by atoms with Crippen molar-refractivity contribution >= 4 is 86.2 Å². The quantitative estimate of drug-likeness (QED) is 0.133. The Balaban J connectivity index is 0.000000149. The number of hydrogen-bond donors (Lipinski definition) is 0. The molecule has 0 atom stereocenters. The first kappa shape index (κ1) is 54.2. The zero-order valence-electron chi connectivity index (χ0n) is 50.6. The summed E-state index contributed by atoms with van der Waals surface area (Å²) in [6.07, 6.45) is 0. The van der Waals surface area contributed by atoms with Gasteiger partial charge in [0.1, 0.15) is 0 Å². The largest absolute Gasteiger partial charge is 0.0622 e. The number of rotatable bonds is 8. The smallest absolute Gasteiger partial charge is 0.00199 e. The van der Waals surface area contributed by atoms with E-state index in [1.165, 1.54) is 175 Å². The van der Waals surface area contributed by atoms with E-state index in [0.717, 1.165) is 0 Å². The van der Waals surface area contributed by atoms with Crippen LogP contribution in [0.25, 0.3) is 175 Å². The van der Waals surface area contributed by atoms with Crippen molar-refractivity contribution in [1.82, 2.24) is 0 Å². The standard InChI is InChI=1S/C54H36.C38H24/c1-5-17-37(18-6-1)43-29-31-47(49(33-43)39-21-9-3-10-22-39)53-45-27-15-16-28-46(45)54(52-36-42-26-14-13-25-41(42)35-51(52)53)48-32-30-44(38-19-7-2-8-20-38)34-50(48)40-23-11-4-12-24-40;1-3-11-27-21-31(19-17-25(27)9-1)37-33-15-7-8-16-34(33)38(32-20-18-26-10-2-4-12-28(26)22-32)36-24-30-14-6-5-13-29(30)23-35(36)37/h1-36H;1-24H. The molecule has 18 aromatic carbocycles. The Morgan fingerprint density at radius 1 is 0.109 bits per heavy atom. The third kappa shape index (κ3) is 9.74. The van der Waals surface area contributed by atoms with Crippen molar-refractivity contribution in [1.29, 1.82) is 0 Å². The molecule has 0 aliphatic heterocycles. The molecule has 0 heterocycles. The Bertz CT molecular complexity index is 5480. The molecule has 0 fully saturated rings. The van der Waals surface area contributed by atoms with Gasteiger partial charge in [-0.3, -0.25) is 0 Å². The van der Waals surface area contributed by atoms with Gasteiger partial charge in [0.25, 0.3) is 0 Å². The fraction of sp³-hybridized carbons (Fsp3) is 0. The van der Waals surface area contributed by atoms with E-state index in [2.05, 4.69) is 364 Å². The van der Waals surface area contributed by atoms with Crippen molar-refractivity contribution in [3.8, 4) is 89.0 Å². The SMILES string of the molecule is c1ccc(-c2ccc(-c3c4ccccc4c(-c4ccc(-c5ccccc5)cc4-c4ccccc4)c4cc5ccccc5cc34)c(-c3ccccc3)c2)cc1.c1ccc2cc(-c3c4ccccc4c(-c4ccc5ccccc5c4)c4cc5ccccc5cc34)ccc2c1. The summed E-state index contributed by atoms with van der Waals surface area (Å²) in [5.74, 6) is 0. The predicted octanol–water partition coefficient (Wildman–Crippen LogP) is 25.9. The van der Waals surface area contributed by atoms with E-state index in [0.29, 0.717) is 0 Å². The number of fused-ring (bicyclic) bond motifs is 8. The number of benzene rings is 18. The molecular formula is C92H60. The highest BCUT2D eigenvalue weighted by molar-refractivity contribution is 6.27. The van der Waals surface area contributed by atoms with Gasteiger partial charge in [0.15, 0.2) is 0 Å². The van der Waals surface area contributed by atoms with E-state index >= 15 is 0 Å². The van der Waals surface area contributed by atoms with E-state index in [1.54, 1.807) is 0 Å². The minimum Gasteiger partial charge on any atom is -0.0622 e. The van der Waals surface area contributed by atoms with Gasteiger partial charge in [-0.2, -0.15) is 0 Å². The summed E-state index contributed by atoms with van der Waals surface area (Å²) < 4.78 is 0. The van der Waals surface area contributed by atoms with Crippen molar-refractivity contribution in [2.75, 3.05) is 0 Å². The van der Waals surface area contributed by atoms with Crippen LogP contribution < -0.4 is 0 Å². The molecule has 18 aromatic rings. The summed E-state index contributed by atoms with van der Waals surface area (Å²) in [4.78, 5) is 0. The Morgan fingerprint density at radius 2 is 0.359 bits per heavy atom. The van der Waals surface area contributed by atoms with E-state index in [4.69, 9.17) is 0 Å². The van der Waals surface area contributed by atoms with Gasteiger partial charge in [0, 0.05) is 0 Å². The first-order valence-corrected chi connectivity index (χ1v) is 31.9. The predicted molar refractivity (Wildman–Crippen MR) is 396 cm³/mol. The Hall–Kier alpha value is -12.0. The van der Waals surface area contributed by atoms with Gasteiger partial charge in [-0.25, -0.2) is 0 Å². The molecule has 0 bridgehead atoms. The highest BCUT2D eigenvalue weighted by Crippen LogP contribution is 2.51. The zero-order valence-corrected chi connectivity index (χ0v) is 50.6. The molecule has 0 aromatic heterocycles. The summed E-state index contributed by atoms with van der Waals surface area (Å²) in [6, 6.07) is 133. The van der Waals surface area contributed by atoms with E-state index in [9.17, 15) is 0 Å². The molecule has 0 saturated heterocycles. The average molecular weight is 1170 g/mol. The van der Waals surface area contributed by atoms with Crippen LogP contribution in [-0.2, 0) is 0 Å². The molecule has 0 nitrogen and oxygen atoms in total. The molecule has 18 rings (SSSR count). The summed E-state index contributed by atoms with van der Waals surface area (Å²) in [6.45, 7) is 0. The maximum atomic E-state index is 2.43. The first-order chi connectivity index (χ1) is 45.6. The van der Waals surface area contributed by atoms with Gasteiger partial charge in [-0.15, -0.1) is 0 Å². The summed E-state index contributed by atoms with van der Waals surface area (Å²) >= 11 is 0. The Kier molecular flexibility index (Phi) is 13.7. The number of hydrogen-bond acceptors (Lipinski definition) is 0. The molecule has 0 saturated carbocycles. The fourth-order valence-electron chi connectivity index (χ4n) is 14.5. The van der Waals surface area contributed by atoms with Crippen LogP contribution in [0.2, 0.25) is 0 Å². The van der Waals surface area contributed by atoms with E-state index < -0.39 is 0 Å². The van der Waals surface area contributed by atoms with Crippen LogP contribution in [0.3, 0.4) is 0 Å². The lowest BCUT2D eigenvalue weighted by Gasteiger charge is -2.22. The van der Waals surface area contributed by atoms with Crippen LogP contribution in [0.15, 0.2) is 364 Å². The normalized spacial score (nSPS) is 11.5. The second-order valence-electron chi connectivity index (χ2n) is 24.2. The second-order valence-corrected chi connectivity index (χ2v) is 24.2. The van der Waals surface area contributed by atoms with Gasteiger partial charge < -0.3 is 0 Å². The molecular weight excluding hydrogens is 1110 g/mol. The van der Waals surface area contributed by atoms with Crippen molar-refractivity contribution < 1.29 is 0 Å². The summed E-state index contributed by atoms with van der Waals surface area (Å²) in [7, 11) is 0. The maximum Gasteiger partial charge on any atom is -0.00199 e. The van der Waals surface area contributed by atoms with Crippen molar-refractivity contribution in [3.63, 3.8) is 0 Å². The van der Waals surface area contributed by atoms with Crippen molar-refractivity contribution in [3.05, 3.63) is 364 Å². The van der Waals surface area contributed by atoms with Crippen LogP contribution in [0, 0.1) is 0 Å². The van der Waals surface area contributed by atoms with Gasteiger partial charge >= 0.3 is 0 Å². The van der Waals surface area contributed by atoms with Gasteiger partial charge in [0.05, 0.1) is 0 Å². The Morgan fingerprint density at radius 3 is 0.696 bits per heavy atom. The van der Waals surface area contributed by atoms with Gasteiger partial charge in [-0.05, 0) is 224 Å². The molecule has 0 radical (unpaired) electrons. The van der Waals surface area contributed by atoms with Crippen LogP contribution >= 0.6 is 0 Å². The highest BCUT2D eigenvalue weighted by atomic mass is 14.3. The lowest BCUT2D eigenvalue weighted by Crippen LogP contribution is -1.95. The molecule has 0 N–H and O–H groups in total. The fourth-order valence-corrected chi connectivity index (χ4v) is 14.5. The monoisotopic (exact) mass is 1160 g/mol. The summed E-state index contributed by atoms with van der Waals surface area (Å²) in [5.41, 5.74) is 19.8. The minimum absolute atomic E-state index is 1.20. The van der Waals surface area contributed by atoms with E-state index in [1.807, 2.05) is 0 Å². The third-order valence-corrected chi connectivity index (χ3v) is 18.8. The molecule has 0 aliphatic carbocycles. The lowest BCUT2D eigenvalue weighted by atomic mass is 9.80. The minimum atomic E-state index is 1.20. The van der Waals surface area contributed by atoms with Crippen molar-refractivity contribution in [2.24, 2.45) is 0 Å². The topological polar surface area (TPSA) is 0 Å². The highest BCUT2D eigenvalue weighted by Gasteiger charge is 2.24. The molecule has 92 heavy (non-hydrogen) atoms. The zero-order chi connectivity index (χ0) is 60.9. The molecule has 0 unspecified atom stereocenters. The second kappa shape index (κ2) is 23.2. The lowest BCUT2D eigenvalue weighted by molar-refractivity contribution is 1.57. The molecule has 0 spiro atoms. The van der Waals surface area contributed by atoms with Crippen LogP contribution in [0.4, 0.5) is 0 Å². The average Bonchev–Trinajstić information content (AvgIpc) is 0.735. The van der Waals surface area contributed by atoms with Crippen LogP contribution in [0.1, 0.15) is 0 Å².